The molecule has 3 rings (SSSR count). The summed E-state index contributed by atoms with van der Waals surface area (Å²) in [7, 11) is 0. The molecule has 1 aliphatic heterocycles. The first kappa shape index (κ1) is 21.0. The fourth-order valence-electron chi connectivity index (χ4n) is 2.98. The number of hydrogen-bond acceptors (Lipinski definition) is 5. The molecule has 29 heavy (non-hydrogen) atoms. The van der Waals surface area contributed by atoms with Crippen LogP contribution < -0.4 is 5.32 Å². The molecule has 154 valence electrons. The van der Waals surface area contributed by atoms with E-state index in [2.05, 4.69) is 10.2 Å². The molecule has 0 saturated carbocycles. The van der Waals surface area contributed by atoms with E-state index >= 15 is 0 Å². The van der Waals surface area contributed by atoms with Gasteiger partial charge in [0.1, 0.15) is 5.82 Å². The summed E-state index contributed by atoms with van der Waals surface area (Å²) in [5.41, 5.74) is 2.26. The zero-order valence-electron chi connectivity index (χ0n) is 16.4. The number of carbonyl (C=O) groups excluding carboxylic acids is 2. The summed E-state index contributed by atoms with van der Waals surface area (Å²) in [6.45, 7) is 5.84. The minimum Gasteiger partial charge on any atom is -0.449 e. The number of rotatable bonds is 7. The van der Waals surface area contributed by atoms with E-state index in [-0.39, 0.29) is 12.4 Å². The van der Waals surface area contributed by atoms with E-state index in [1.54, 1.807) is 24.3 Å². The van der Waals surface area contributed by atoms with Crippen LogP contribution in [0.5, 0.6) is 0 Å². The van der Waals surface area contributed by atoms with Crippen molar-refractivity contribution in [1.29, 1.82) is 0 Å². The van der Waals surface area contributed by atoms with Gasteiger partial charge >= 0.3 is 5.97 Å². The normalized spacial score (nSPS) is 15.5. The highest BCUT2D eigenvalue weighted by molar-refractivity contribution is 5.92. The van der Waals surface area contributed by atoms with Crippen molar-refractivity contribution in [2.24, 2.45) is 0 Å². The molecule has 0 bridgehead atoms. The van der Waals surface area contributed by atoms with Crippen molar-refractivity contribution in [1.82, 2.24) is 10.2 Å². The summed E-state index contributed by atoms with van der Waals surface area (Å²) in [4.78, 5) is 26.7. The minimum atomic E-state index is -0.934. The van der Waals surface area contributed by atoms with E-state index in [1.807, 2.05) is 12.1 Å². The Kier molecular flexibility index (Phi) is 7.32. The van der Waals surface area contributed by atoms with Crippen LogP contribution in [-0.4, -0.2) is 49.2 Å². The van der Waals surface area contributed by atoms with Crippen molar-refractivity contribution in [2.75, 3.05) is 26.3 Å². The number of carbonyl (C=O) groups is 2. The second-order valence-corrected chi connectivity index (χ2v) is 6.98. The Balaban J connectivity index is 1.46. The van der Waals surface area contributed by atoms with Gasteiger partial charge in [0, 0.05) is 26.2 Å². The zero-order chi connectivity index (χ0) is 20.6. The van der Waals surface area contributed by atoms with E-state index in [4.69, 9.17) is 9.47 Å². The lowest BCUT2D eigenvalue weighted by Gasteiger charge is -2.26. The highest BCUT2D eigenvalue weighted by Crippen LogP contribution is 2.11. The fourth-order valence-corrected chi connectivity index (χ4v) is 2.98. The number of nitrogens with zero attached hydrogens (tertiary/aromatic N) is 1. The molecule has 0 aliphatic carbocycles. The third-order valence-electron chi connectivity index (χ3n) is 4.73. The van der Waals surface area contributed by atoms with Gasteiger partial charge in [0.2, 0.25) is 0 Å². The van der Waals surface area contributed by atoms with E-state index in [0.29, 0.717) is 5.56 Å². The molecule has 1 aliphatic rings. The number of ether oxygens (including phenoxy) is 2. The molecule has 2 aromatic carbocycles. The lowest BCUT2D eigenvalue weighted by atomic mass is 10.1. The van der Waals surface area contributed by atoms with Crippen molar-refractivity contribution < 1.29 is 23.5 Å². The Morgan fingerprint density at radius 1 is 1.07 bits per heavy atom. The standard InChI is InChI=1S/C22H25FN2O4/c1-16(21(26)24-14-17-4-8-20(23)9-5-17)29-22(27)19-6-2-18(3-7-19)15-25-10-12-28-13-11-25/h2-9,16H,10-15H2,1H3,(H,24,26)/t16-/m0/s1. The summed E-state index contributed by atoms with van der Waals surface area (Å²) >= 11 is 0. The molecule has 7 heteroatoms. The van der Waals surface area contributed by atoms with Crippen LogP contribution in [0.15, 0.2) is 48.5 Å². The van der Waals surface area contributed by atoms with Gasteiger partial charge in [-0.05, 0) is 42.3 Å². The summed E-state index contributed by atoms with van der Waals surface area (Å²) in [5.74, 6) is -1.29. The Morgan fingerprint density at radius 2 is 1.69 bits per heavy atom. The first-order valence-electron chi connectivity index (χ1n) is 9.63. The number of amides is 1. The predicted octanol–water partition coefficient (Wildman–Crippen LogP) is 2.52. The first-order valence-corrected chi connectivity index (χ1v) is 9.63. The van der Waals surface area contributed by atoms with Crippen LogP contribution in [0, 0.1) is 5.82 Å². The molecule has 1 saturated heterocycles. The predicted molar refractivity (Wildman–Crippen MR) is 106 cm³/mol. The largest absolute Gasteiger partial charge is 0.449 e. The van der Waals surface area contributed by atoms with Gasteiger partial charge in [-0.2, -0.15) is 0 Å². The lowest BCUT2D eigenvalue weighted by Crippen LogP contribution is -2.35. The molecule has 2 aromatic rings. The monoisotopic (exact) mass is 400 g/mol. The van der Waals surface area contributed by atoms with Gasteiger partial charge in [0.05, 0.1) is 18.8 Å². The molecule has 1 atom stereocenters. The minimum absolute atomic E-state index is 0.233. The number of hydrogen-bond donors (Lipinski definition) is 1. The highest BCUT2D eigenvalue weighted by atomic mass is 19.1. The number of benzene rings is 2. The third kappa shape index (κ3) is 6.37. The molecular weight excluding hydrogens is 375 g/mol. The van der Waals surface area contributed by atoms with Crippen molar-refractivity contribution >= 4 is 11.9 Å². The summed E-state index contributed by atoms with van der Waals surface area (Å²) in [6.07, 6.45) is -0.934. The number of nitrogens with one attached hydrogen (secondary N) is 1. The topological polar surface area (TPSA) is 67.9 Å². The highest BCUT2D eigenvalue weighted by Gasteiger charge is 2.19. The Labute approximate surface area is 169 Å². The maximum absolute atomic E-state index is 12.9. The molecule has 1 amide bonds. The molecular formula is C22H25FN2O4. The quantitative estimate of drug-likeness (QED) is 0.724. The molecule has 1 fully saturated rings. The molecule has 0 radical (unpaired) electrons. The number of esters is 1. The van der Waals surface area contributed by atoms with Gasteiger partial charge in [-0.3, -0.25) is 9.69 Å². The van der Waals surface area contributed by atoms with Crippen LogP contribution in [0.4, 0.5) is 4.39 Å². The Hall–Kier alpha value is -2.77. The van der Waals surface area contributed by atoms with Crippen molar-refractivity contribution in [2.45, 2.75) is 26.1 Å². The Morgan fingerprint density at radius 3 is 2.34 bits per heavy atom. The van der Waals surface area contributed by atoms with Crippen molar-refractivity contribution in [3.05, 3.63) is 71.0 Å². The first-order chi connectivity index (χ1) is 14.0. The van der Waals surface area contributed by atoms with Gasteiger partial charge in [-0.15, -0.1) is 0 Å². The van der Waals surface area contributed by atoms with Crippen LogP contribution in [-0.2, 0) is 27.4 Å². The van der Waals surface area contributed by atoms with Crippen LogP contribution in [0.3, 0.4) is 0 Å². The van der Waals surface area contributed by atoms with Crippen LogP contribution in [0.1, 0.15) is 28.4 Å². The average Bonchev–Trinajstić information content (AvgIpc) is 2.74. The van der Waals surface area contributed by atoms with Crippen LogP contribution >= 0.6 is 0 Å². The van der Waals surface area contributed by atoms with Gasteiger partial charge in [-0.25, -0.2) is 9.18 Å². The molecule has 0 unspecified atom stereocenters. The maximum atomic E-state index is 12.9. The smallest absolute Gasteiger partial charge is 0.338 e. The molecule has 1 N–H and O–H groups in total. The second-order valence-electron chi connectivity index (χ2n) is 6.98. The number of morpholine rings is 1. The summed E-state index contributed by atoms with van der Waals surface area (Å²) < 4.78 is 23.5. The lowest BCUT2D eigenvalue weighted by molar-refractivity contribution is -0.129. The Bertz CT molecular complexity index is 818. The maximum Gasteiger partial charge on any atom is 0.338 e. The van der Waals surface area contributed by atoms with Crippen molar-refractivity contribution in [3.8, 4) is 0 Å². The zero-order valence-corrected chi connectivity index (χ0v) is 16.4. The van der Waals surface area contributed by atoms with E-state index in [0.717, 1.165) is 44.0 Å². The molecule has 6 nitrogen and oxygen atoms in total. The van der Waals surface area contributed by atoms with Gasteiger partial charge < -0.3 is 14.8 Å². The summed E-state index contributed by atoms with van der Waals surface area (Å²) in [6, 6.07) is 13.0. The van der Waals surface area contributed by atoms with Gasteiger partial charge in [-0.1, -0.05) is 24.3 Å². The fraction of sp³-hybridized carbons (Fsp3) is 0.364. The van der Waals surface area contributed by atoms with Crippen LogP contribution in [0.25, 0.3) is 0 Å². The van der Waals surface area contributed by atoms with E-state index in [9.17, 15) is 14.0 Å². The molecule has 0 aromatic heterocycles. The molecule has 0 spiro atoms. The SMILES string of the molecule is C[C@H](OC(=O)c1ccc(CN2CCOCC2)cc1)C(=O)NCc1ccc(F)cc1. The molecule has 1 heterocycles. The van der Waals surface area contributed by atoms with Crippen molar-refractivity contribution in [3.63, 3.8) is 0 Å². The van der Waals surface area contributed by atoms with E-state index in [1.165, 1.54) is 19.1 Å². The van der Waals surface area contributed by atoms with E-state index < -0.39 is 18.0 Å². The number of halogens is 1. The van der Waals surface area contributed by atoms with Gasteiger partial charge in [0.15, 0.2) is 6.10 Å². The summed E-state index contributed by atoms with van der Waals surface area (Å²) in [5, 5.41) is 2.68. The average molecular weight is 400 g/mol. The van der Waals surface area contributed by atoms with Crippen LogP contribution in [0.2, 0.25) is 0 Å². The second kappa shape index (κ2) is 10.1. The van der Waals surface area contributed by atoms with Gasteiger partial charge in [0.25, 0.3) is 5.91 Å². The third-order valence-corrected chi connectivity index (χ3v) is 4.73.